The van der Waals surface area contributed by atoms with Crippen molar-refractivity contribution in [3.05, 3.63) is 26.8 Å². The lowest BCUT2D eigenvalue weighted by Gasteiger charge is -2.14. The van der Waals surface area contributed by atoms with E-state index in [9.17, 15) is 5.11 Å². The van der Waals surface area contributed by atoms with Gasteiger partial charge in [0.05, 0.1) is 23.4 Å². The number of anilines is 1. The summed E-state index contributed by atoms with van der Waals surface area (Å²) in [6.45, 7) is 1.61. The van der Waals surface area contributed by atoms with Gasteiger partial charge in [-0.3, -0.25) is 0 Å². The molecule has 3 nitrogen and oxygen atoms in total. The fourth-order valence-corrected chi connectivity index (χ4v) is 2.50. The third-order valence-electron chi connectivity index (χ3n) is 2.82. The fraction of sp³-hybridized carbons (Fsp3) is 0.538. The molecule has 0 bridgehead atoms. The average Bonchev–Trinajstić information content (AvgIpc) is 3.12. The topological polar surface area (TPSA) is 41.5 Å². The molecule has 2 N–H and O–H groups in total. The number of halogens is 2. The number of hydrogen-bond donors (Lipinski definition) is 2. The van der Waals surface area contributed by atoms with Crippen LogP contribution in [0, 0.1) is 9.49 Å². The Balaban J connectivity index is 1.68. The van der Waals surface area contributed by atoms with Crippen molar-refractivity contribution in [3.63, 3.8) is 0 Å². The normalized spacial score (nSPS) is 16.6. The molecule has 0 aromatic heterocycles. The molecule has 1 aromatic carbocycles. The van der Waals surface area contributed by atoms with Gasteiger partial charge in [0.15, 0.2) is 0 Å². The van der Waals surface area contributed by atoms with Gasteiger partial charge >= 0.3 is 0 Å². The Morgan fingerprint density at radius 2 is 2.28 bits per heavy atom. The van der Waals surface area contributed by atoms with E-state index >= 15 is 0 Å². The SMILES string of the molecule is OC(CNc1ccc(I)cc1Cl)COCC1CC1. The second-order valence-electron chi connectivity index (χ2n) is 4.64. The van der Waals surface area contributed by atoms with Crippen molar-refractivity contribution in [3.8, 4) is 0 Å². The highest BCUT2D eigenvalue weighted by molar-refractivity contribution is 14.1. The fourth-order valence-electron chi connectivity index (χ4n) is 1.57. The predicted molar refractivity (Wildman–Crippen MR) is 82.2 cm³/mol. The van der Waals surface area contributed by atoms with E-state index in [0.29, 0.717) is 18.2 Å². The summed E-state index contributed by atoms with van der Waals surface area (Å²) < 4.78 is 6.53. The Bertz CT molecular complexity index is 399. The second kappa shape index (κ2) is 6.93. The standard InChI is InChI=1S/C13H17ClINO2/c14-12-5-10(15)3-4-13(12)16-6-11(17)8-18-7-9-1-2-9/h3-5,9,11,16-17H,1-2,6-8H2. The maximum atomic E-state index is 9.76. The molecule has 5 heteroatoms. The third-order valence-corrected chi connectivity index (χ3v) is 3.80. The number of nitrogens with one attached hydrogen (secondary N) is 1. The van der Waals surface area contributed by atoms with Gasteiger partial charge in [0.2, 0.25) is 0 Å². The first-order chi connectivity index (χ1) is 8.65. The zero-order valence-electron chi connectivity index (χ0n) is 10.0. The molecule has 1 unspecified atom stereocenters. The van der Waals surface area contributed by atoms with Crippen LogP contribution in [-0.4, -0.2) is 31.0 Å². The summed E-state index contributed by atoms with van der Waals surface area (Å²) in [7, 11) is 0. The number of ether oxygens (including phenoxy) is 1. The van der Waals surface area contributed by atoms with Crippen LogP contribution in [0.3, 0.4) is 0 Å². The molecule has 1 atom stereocenters. The lowest BCUT2D eigenvalue weighted by atomic mass is 10.3. The molecule has 18 heavy (non-hydrogen) atoms. The van der Waals surface area contributed by atoms with E-state index in [1.165, 1.54) is 12.8 Å². The number of rotatable bonds is 7. The smallest absolute Gasteiger partial charge is 0.0945 e. The van der Waals surface area contributed by atoms with E-state index < -0.39 is 6.10 Å². The summed E-state index contributed by atoms with van der Waals surface area (Å²) in [5, 5.41) is 13.6. The van der Waals surface area contributed by atoms with E-state index in [1.807, 2.05) is 18.2 Å². The Kier molecular flexibility index (Phi) is 5.54. The average molecular weight is 382 g/mol. The minimum atomic E-state index is -0.501. The summed E-state index contributed by atoms with van der Waals surface area (Å²) in [6.07, 6.45) is 2.04. The minimum Gasteiger partial charge on any atom is -0.389 e. The highest BCUT2D eigenvalue weighted by atomic mass is 127. The number of aliphatic hydroxyl groups excluding tert-OH is 1. The van der Waals surface area contributed by atoms with Crippen LogP contribution in [0.2, 0.25) is 5.02 Å². The first kappa shape index (κ1) is 14.4. The summed E-state index contributed by atoms with van der Waals surface area (Å²) in [5.74, 6) is 0.732. The maximum Gasteiger partial charge on any atom is 0.0945 e. The van der Waals surface area contributed by atoms with Crippen LogP contribution in [0.1, 0.15) is 12.8 Å². The Morgan fingerprint density at radius 1 is 1.50 bits per heavy atom. The molecular formula is C13H17ClINO2. The summed E-state index contributed by atoms with van der Waals surface area (Å²) in [5.41, 5.74) is 0.846. The van der Waals surface area contributed by atoms with Crippen molar-refractivity contribution < 1.29 is 9.84 Å². The molecule has 0 heterocycles. The lowest BCUT2D eigenvalue weighted by molar-refractivity contribution is 0.0386. The second-order valence-corrected chi connectivity index (χ2v) is 6.29. The van der Waals surface area contributed by atoms with Gasteiger partial charge in [-0.2, -0.15) is 0 Å². The molecule has 2 rings (SSSR count). The van der Waals surface area contributed by atoms with Crippen molar-refractivity contribution in [2.75, 3.05) is 25.1 Å². The lowest BCUT2D eigenvalue weighted by Crippen LogP contribution is -2.25. The number of benzene rings is 1. The molecule has 0 radical (unpaired) electrons. The highest BCUT2D eigenvalue weighted by Gasteiger charge is 2.21. The van der Waals surface area contributed by atoms with Crippen LogP contribution in [-0.2, 0) is 4.74 Å². The van der Waals surface area contributed by atoms with E-state index in [2.05, 4.69) is 27.9 Å². The van der Waals surface area contributed by atoms with Gasteiger partial charge in [-0.15, -0.1) is 0 Å². The molecule has 100 valence electrons. The molecule has 1 fully saturated rings. The molecule has 0 saturated heterocycles. The Labute approximate surface area is 126 Å². The first-order valence-corrected chi connectivity index (χ1v) is 7.55. The van der Waals surface area contributed by atoms with Crippen LogP contribution in [0.15, 0.2) is 18.2 Å². The van der Waals surface area contributed by atoms with Crippen LogP contribution in [0.4, 0.5) is 5.69 Å². The van der Waals surface area contributed by atoms with E-state index in [-0.39, 0.29) is 0 Å². The van der Waals surface area contributed by atoms with E-state index in [0.717, 1.165) is 21.8 Å². The molecule has 1 aliphatic carbocycles. The maximum absolute atomic E-state index is 9.76. The van der Waals surface area contributed by atoms with Crippen molar-refractivity contribution >= 4 is 39.9 Å². The molecule has 0 amide bonds. The third kappa shape index (κ3) is 4.91. The minimum absolute atomic E-state index is 0.380. The van der Waals surface area contributed by atoms with Gasteiger partial charge < -0.3 is 15.2 Å². The van der Waals surface area contributed by atoms with E-state index in [4.69, 9.17) is 16.3 Å². The van der Waals surface area contributed by atoms with Gasteiger partial charge in [0.1, 0.15) is 0 Å². The van der Waals surface area contributed by atoms with Crippen LogP contribution in [0.25, 0.3) is 0 Å². The van der Waals surface area contributed by atoms with Gasteiger partial charge in [0, 0.05) is 16.7 Å². The Hall–Kier alpha value is -0.0400. The highest BCUT2D eigenvalue weighted by Crippen LogP contribution is 2.28. The van der Waals surface area contributed by atoms with Crippen molar-refractivity contribution in [2.45, 2.75) is 18.9 Å². The Morgan fingerprint density at radius 3 is 2.94 bits per heavy atom. The van der Waals surface area contributed by atoms with E-state index in [1.54, 1.807) is 0 Å². The first-order valence-electron chi connectivity index (χ1n) is 6.10. The van der Waals surface area contributed by atoms with Gasteiger partial charge in [-0.1, -0.05) is 11.6 Å². The van der Waals surface area contributed by atoms with Crippen molar-refractivity contribution in [1.82, 2.24) is 0 Å². The molecule has 0 spiro atoms. The monoisotopic (exact) mass is 381 g/mol. The zero-order valence-corrected chi connectivity index (χ0v) is 12.9. The molecule has 0 aliphatic heterocycles. The van der Waals surface area contributed by atoms with Gasteiger partial charge in [0.25, 0.3) is 0 Å². The largest absolute Gasteiger partial charge is 0.389 e. The zero-order chi connectivity index (χ0) is 13.0. The number of hydrogen-bond acceptors (Lipinski definition) is 3. The van der Waals surface area contributed by atoms with Crippen LogP contribution in [0.5, 0.6) is 0 Å². The predicted octanol–water partition coefficient (Wildman–Crippen LogP) is 3.14. The summed E-state index contributed by atoms with van der Waals surface area (Å²) in [6, 6.07) is 5.78. The van der Waals surface area contributed by atoms with Crippen LogP contribution >= 0.6 is 34.2 Å². The van der Waals surface area contributed by atoms with Crippen molar-refractivity contribution in [1.29, 1.82) is 0 Å². The van der Waals surface area contributed by atoms with Crippen LogP contribution < -0.4 is 5.32 Å². The van der Waals surface area contributed by atoms with Gasteiger partial charge in [-0.05, 0) is 59.5 Å². The summed E-state index contributed by atoms with van der Waals surface area (Å²) in [4.78, 5) is 0. The summed E-state index contributed by atoms with van der Waals surface area (Å²) >= 11 is 8.30. The number of aliphatic hydroxyl groups is 1. The van der Waals surface area contributed by atoms with Crippen molar-refractivity contribution in [2.24, 2.45) is 5.92 Å². The molecule has 1 saturated carbocycles. The molecular weight excluding hydrogens is 365 g/mol. The molecule has 1 aliphatic rings. The molecule has 1 aromatic rings. The van der Waals surface area contributed by atoms with Gasteiger partial charge in [-0.25, -0.2) is 0 Å². The quantitative estimate of drug-likeness (QED) is 0.713.